The van der Waals surface area contributed by atoms with E-state index in [4.69, 9.17) is 37.8 Å². The summed E-state index contributed by atoms with van der Waals surface area (Å²) in [5.41, 5.74) is 2.80. The number of carboxylic acid groups (broad SMARTS) is 1. The van der Waals surface area contributed by atoms with Crippen LogP contribution in [0.1, 0.15) is 17.1 Å². The Morgan fingerprint density at radius 2 is 1.89 bits per heavy atom. The van der Waals surface area contributed by atoms with Gasteiger partial charge in [-0.3, -0.25) is 4.79 Å². The summed E-state index contributed by atoms with van der Waals surface area (Å²) in [6.07, 6.45) is 2.13. The maximum absolute atomic E-state index is 12.4. The number of ether oxygens (including phenoxy) is 1. The van der Waals surface area contributed by atoms with Crippen LogP contribution in [-0.2, 0) is 4.79 Å². The number of aryl methyl sites for hydroxylation is 1. The molecule has 0 atom stereocenters. The average molecular weight is 541 g/mol. The minimum atomic E-state index is -5.08. The van der Waals surface area contributed by atoms with Crippen LogP contribution in [0.15, 0.2) is 47.7 Å². The van der Waals surface area contributed by atoms with Crippen LogP contribution >= 0.6 is 23.2 Å². The van der Waals surface area contributed by atoms with Crippen LogP contribution in [0.25, 0.3) is 28.7 Å². The van der Waals surface area contributed by atoms with Gasteiger partial charge in [0.1, 0.15) is 11.6 Å². The molecule has 0 saturated heterocycles. The summed E-state index contributed by atoms with van der Waals surface area (Å²) in [5.74, 6) is -1.66. The molecule has 2 heterocycles. The largest absolute Gasteiger partial charge is 0.495 e. The number of imidazole rings is 1. The number of nitrogens with zero attached hydrogens (tertiary/aromatic N) is 3. The van der Waals surface area contributed by atoms with Crippen molar-refractivity contribution in [2.75, 3.05) is 7.11 Å². The molecule has 13 heteroatoms. The Hall–Kier alpha value is -3.83. The smallest absolute Gasteiger partial charge is 0.490 e. The summed E-state index contributed by atoms with van der Waals surface area (Å²) in [6, 6.07) is 8.91. The summed E-state index contributed by atoms with van der Waals surface area (Å²) in [5, 5.41) is 8.13. The summed E-state index contributed by atoms with van der Waals surface area (Å²) in [6.45, 7) is 1.93. The number of benzene rings is 2. The number of aliphatic carboxylic acids is 1. The van der Waals surface area contributed by atoms with Gasteiger partial charge in [0.05, 0.1) is 40.7 Å². The van der Waals surface area contributed by atoms with E-state index in [1.165, 1.54) is 6.07 Å². The maximum Gasteiger partial charge on any atom is 0.490 e. The third kappa shape index (κ3) is 6.43. The van der Waals surface area contributed by atoms with Crippen molar-refractivity contribution in [2.24, 2.45) is 0 Å². The monoisotopic (exact) mass is 540 g/mol. The molecular weight excluding hydrogens is 524 g/mol. The van der Waals surface area contributed by atoms with Crippen LogP contribution in [0.3, 0.4) is 0 Å². The lowest BCUT2D eigenvalue weighted by Crippen LogP contribution is -2.21. The minimum absolute atomic E-state index is 0.270. The molecule has 2 aromatic heterocycles. The summed E-state index contributed by atoms with van der Waals surface area (Å²) >= 11 is 12.1. The zero-order valence-electron chi connectivity index (χ0n) is 18.6. The summed E-state index contributed by atoms with van der Waals surface area (Å²) in [4.78, 5) is 32.7. The Kier molecular flexibility index (Phi) is 8.06. The molecule has 0 aliphatic carbocycles. The number of hydrogen-bond donors (Lipinski definition) is 2. The van der Waals surface area contributed by atoms with E-state index in [0.717, 1.165) is 16.9 Å². The number of aromatic amines is 1. The van der Waals surface area contributed by atoms with Gasteiger partial charge in [-0.25, -0.2) is 14.8 Å². The minimum Gasteiger partial charge on any atom is -0.495 e. The fourth-order valence-corrected chi connectivity index (χ4v) is 3.60. The van der Waals surface area contributed by atoms with Gasteiger partial charge in [0.15, 0.2) is 0 Å². The molecule has 4 rings (SSSR count). The van der Waals surface area contributed by atoms with Crippen molar-refractivity contribution >= 4 is 52.2 Å². The number of nitrogens with one attached hydrogen (secondary N) is 1. The van der Waals surface area contributed by atoms with E-state index in [0.29, 0.717) is 27.5 Å². The second-order valence-corrected chi connectivity index (χ2v) is 8.07. The predicted molar refractivity (Wildman–Crippen MR) is 130 cm³/mol. The van der Waals surface area contributed by atoms with E-state index in [9.17, 15) is 18.0 Å². The van der Waals surface area contributed by atoms with Gasteiger partial charge < -0.3 is 19.4 Å². The highest BCUT2D eigenvalue weighted by Crippen LogP contribution is 2.26. The Bertz CT molecular complexity index is 1510. The van der Waals surface area contributed by atoms with Crippen LogP contribution in [0.5, 0.6) is 5.75 Å². The lowest BCUT2D eigenvalue weighted by molar-refractivity contribution is -0.192. The quantitative estimate of drug-likeness (QED) is 0.351. The first kappa shape index (κ1) is 26.8. The lowest BCUT2D eigenvalue weighted by atomic mass is 10.1. The highest BCUT2D eigenvalue weighted by molar-refractivity contribution is 6.38. The zero-order chi connectivity index (χ0) is 26.6. The summed E-state index contributed by atoms with van der Waals surface area (Å²) < 4.78 is 39.2. The molecule has 0 saturated carbocycles. The normalized spacial score (nSPS) is 11.4. The molecule has 188 valence electrons. The molecule has 0 bridgehead atoms. The molecule has 2 aromatic carbocycles. The number of carbonyl (C=O) groups is 1. The fourth-order valence-electron chi connectivity index (χ4n) is 3.03. The molecule has 0 fully saturated rings. The molecule has 4 aromatic rings. The van der Waals surface area contributed by atoms with Crippen molar-refractivity contribution in [1.29, 1.82) is 0 Å². The third-order valence-corrected chi connectivity index (χ3v) is 5.13. The highest BCUT2D eigenvalue weighted by Gasteiger charge is 2.38. The summed E-state index contributed by atoms with van der Waals surface area (Å²) in [7, 11) is 1.62. The molecule has 0 unspecified atom stereocenters. The topological polar surface area (TPSA) is 110 Å². The number of rotatable bonds is 4. The highest BCUT2D eigenvalue weighted by atomic mass is 35.5. The third-order valence-electron chi connectivity index (χ3n) is 4.61. The second kappa shape index (κ2) is 10.8. The van der Waals surface area contributed by atoms with Crippen LogP contribution in [0, 0.1) is 6.92 Å². The van der Waals surface area contributed by atoms with Crippen LogP contribution in [-0.4, -0.2) is 43.9 Å². The van der Waals surface area contributed by atoms with E-state index in [2.05, 4.69) is 15.0 Å². The van der Waals surface area contributed by atoms with Gasteiger partial charge in [0, 0.05) is 11.2 Å². The van der Waals surface area contributed by atoms with Crippen molar-refractivity contribution in [2.45, 2.75) is 13.1 Å². The first-order valence-electron chi connectivity index (χ1n) is 9.95. The van der Waals surface area contributed by atoms with E-state index in [1.54, 1.807) is 25.6 Å². The molecule has 0 aliphatic heterocycles. The SMILES string of the molecule is COc1cc(/C=C/c2nc3cc(Cl)cc(Cl)c3c(=O)[nH]2)ccc1-n1cnc(C)c1.O=C(O)C(F)(F)F. The number of H-pyrrole nitrogens is 1. The standard InChI is InChI=1S/C21H16Cl2N4O2.C2HF3O2/c1-12-10-27(11-24-12)17-5-3-13(7-18(17)29-2)4-6-19-25-16-9-14(22)8-15(23)20(16)21(28)26-19;3-2(4,5)1(6)7/h3-11H,1-2H3,(H,25,26,28);(H,6,7)/b6-4+;. The first-order chi connectivity index (χ1) is 16.9. The van der Waals surface area contributed by atoms with Gasteiger partial charge in [-0.15, -0.1) is 0 Å². The number of alkyl halides is 3. The number of halogens is 5. The number of hydrogen-bond acceptors (Lipinski definition) is 5. The van der Waals surface area contributed by atoms with Crippen molar-refractivity contribution in [1.82, 2.24) is 19.5 Å². The Morgan fingerprint density at radius 1 is 1.19 bits per heavy atom. The van der Waals surface area contributed by atoms with Gasteiger partial charge in [0.2, 0.25) is 0 Å². The molecule has 0 radical (unpaired) electrons. The lowest BCUT2D eigenvalue weighted by Gasteiger charge is -2.10. The van der Waals surface area contributed by atoms with E-state index in [1.807, 2.05) is 42.0 Å². The first-order valence-corrected chi connectivity index (χ1v) is 10.7. The van der Waals surface area contributed by atoms with E-state index in [-0.39, 0.29) is 10.6 Å². The van der Waals surface area contributed by atoms with Crippen molar-refractivity contribution in [3.63, 3.8) is 0 Å². The van der Waals surface area contributed by atoms with Crippen molar-refractivity contribution < 1.29 is 27.8 Å². The van der Waals surface area contributed by atoms with Crippen LogP contribution in [0.4, 0.5) is 13.2 Å². The fraction of sp³-hybridized carbons (Fsp3) is 0.130. The number of methoxy groups -OCH3 is 1. The molecule has 8 nitrogen and oxygen atoms in total. The van der Waals surface area contributed by atoms with Gasteiger partial charge in [-0.1, -0.05) is 35.3 Å². The Balaban J connectivity index is 0.000000454. The molecule has 36 heavy (non-hydrogen) atoms. The van der Waals surface area contributed by atoms with Crippen LogP contribution < -0.4 is 10.3 Å². The van der Waals surface area contributed by atoms with Gasteiger partial charge in [-0.05, 0) is 42.8 Å². The zero-order valence-corrected chi connectivity index (χ0v) is 20.1. The van der Waals surface area contributed by atoms with Gasteiger partial charge in [0.25, 0.3) is 5.56 Å². The molecule has 0 amide bonds. The van der Waals surface area contributed by atoms with E-state index < -0.39 is 12.1 Å². The van der Waals surface area contributed by atoms with Gasteiger partial charge in [-0.2, -0.15) is 13.2 Å². The van der Waals surface area contributed by atoms with Crippen LogP contribution in [0.2, 0.25) is 10.0 Å². The molecule has 2 N–H and O–H groups in total. The molecular formula is C23H17Cl2F3N4O4. The van der Waals surface area contributed by atoms with E-state index >= 15 is 0 Å². The number of aromatic nitrogens is 4. The molecule has 0 aliphatic rings. The predicted octanol–water partition coefficient (Wildman–Crippen LogP) is 5.54. The Labute approximate surface area is 211 Å². The average Bonchev–Trinajstić information content (AvgIpc) is 3.22. The number of carboxylic acids is 1. The van der Waals surface area contributed by atoms with Crippen molar-refractivity contribution in [3.05, 3.63) is 80.3 Å². The molecule has 0 spiro atoms. The second-order valence-electron chi connectivity index (χ2n) is 7.22. The van der Waals surface area contributed by atoms with Crippen molar-refractivity contribution in [3.8, 4) is 11.4 Å². The van der Waals surface area contributed by atoms with Gasteiger partial charge >= 0.3 is 12.1 Å². The maximum atomic E-state index is 12.4. The number of fused-ring (bicyclic) bond motifs is 1. The Morgan fingerprint density at radius 3 is 2.47 bits per heavy atom.